The van der Waals surface area contributed by atoms with Gasteiger partial charge in [-0.05, 0) is 43.6 Å². The van der Waals surface area contributed by atoms with Gasteiger partial charge in [-0.2, -0.15) is 0 Å². The first kappa shape index (κ1) is 15.7. The molecule has 0 spiro atoms. The molecule has 2 nitrogen and oxygen atoms in total. The molecule has 0 aliphatic heterocycles. The molecule has 0 unspecified atom stereocenters. The van der Waals surface area contributed by atoms with E-state index in [1.165, 1.54) is 15.6 Å². The number of hydrogen-bond donors (Lipinski definition) is 1. The minimum absolute atomic E-state index is 0.300. The molecule has 3 heteroatoms. The Bertz CT molecular complexity index is 386. The highest BCUT2D eigenvalue weighted by Crippen LogP contribution is 2.18. The van der Waals surface area contributed by atoms with Gasteiger partial charge in [-0.3, -0.25) is 0 Å². The van der Waals surface area contributed by atoms with Crippen molar-refractivity contribution >= 4 is 15.9 Å². The van der Waals surface area contributed by atoms with E-state index >= 15 is 0 Å². The van der Waals surface area contributed by atoms with Crippen molar-refractivity contribution in [3.63, 3.8) is 0 Å². The zero-order chi connectivity index (χ0) is 13.8. The van der Waals surface area contributed by atoms with Crippen LogP contribution in [0.1, 0.15) is 25.0 Å². The molecule has 0 aromatic heterocycles. The number of hydrogen-bond acceptors (Lipinski definition) is 2. The Morgan fingerprint density at radius 3 is 2.50 bits per heavy atom. The first-order valence-corrected chi connectivity index (χ1v) is 7.20. The van der Waals surface area contributed by atoms with Crippen molar-refractivity contribution in [1.29, 1.82) is 0 Å². The summed E-state index contributed by atoms with van der Waals surface area (Å²) in [7, 11) is 4.25. The van der Waals surface area contributed by atoms with Gasteiger partial charge in [-0.25, -0.2) is 0 Å². The monoisotopic (exact) mass is 312 g/mol. The largest absolute Gasteiger partial charge is 0.312 e. The van der Waals surface area contributed by atoms with Crippen LogP contribution in [-0.4, -0.2) is 32.1 Å². The summed E-state index contributed by atoms with van der Waals surface area (Å²) >= 11 is 3.53. The molecule has 1 aromatic rings. The molecule has 0 amide bonds. The molecule has 0 aliphatic rings. The van der Waals surface area contributed by atoms with Gasteiger partial charge in [0.15, 0.2) is 0 Å². The van der Waals surface area contributed by atoms with Crippen LogP contribution in [0.5, 0.6) is 0 Å². The topological polar surface area (TPSA) is 15.3 Å². The smallest absolute Gasteiger partial charge is 0.0205 e. The molecule has 0 saturated carbocycles. The lowest BCUT2D eigenvalue weighted by Gasteiger charge is -2.28. The van der Waals surface area contributed by atoms with Gasteiger partial charge in [-0.15, -0.1) is 0 Å². The molecule has 1 aromatic carbocycles. The second-order valence-electron chi connectivity index (χ2n) is 6.09. The van der Waals surface area contributed by atoms with E-state index in [1.54, 1.807) is 0 Å². The highest BCUT2D eigenvalue weighted by molar-refractivity contribution is 9.10. The maximum absolute atomic E-state index is 3.55. The lowest BCUT2D eigenvalue weighted by Crippen LogP contribution is -2.37. The number of rotatable bonds is 6. The van der Waals surface area contributed by atoms with Gasteiger partial charge < -0.3 is 10.2 Å². The van der Waals surface area contributed by atoms with E-state index in [0.29, 0.717) is 5.41 Å². The number of nitrogens with zero attached hydrogens (tertiary/aromatic N) is 1. The van der Waals surface area contributed by atoms with Crippen molar-refractivity contribution in [3.8, 4) is 0 Å². The van der Waals surface area contributed by atoms with Crippen molar-refractivity contribution < 1.29 is 0 Å². The predicted octanol–water partition coefficient (Wildman–Crippen LogP) is 3.43. The second-order valence-corrected chi connectivity index (χ2v) is 6.94. The van der Waals surface area contributed by atoms with E-state index in [-0.39, 0.29) is 0 Å². The van der Waals surface area contributed by atoms with Crippen LogP contribution in [0, 0.1) is 12.3 Å². The molecule has 1 N–H and O–H groups in total. The molecule has 102 valence electrons. The van der Waals surface area contributed by atoms with Crippen molar-refractivity contribution in [2.24, 2.45) is 5.41 Å². The molecule has 0 radical (unpaired) electrons. The molecule has 0 atom stereocenters. The number of aryl methyl sites for hydroxylation is 1. The fourth-order valence-corrected chi connectivity index (χ4v) is 2.52. The average Bonchev–Trinajstić information content (AvgIpc) is 2.21. The molecule has 0 bridgehead atoms. The van der Waals surface area contributed by atoms with E-state index in [9.17, 15) is 0 Å². The third kappa shape index (κ3) is 5.51. The molecular weight excluding hydrogens is 288 g/mol. The van der Waals surface area contributed by atoms with Gasteiger partial charge in [-0.1, -0.05) is 41.9 Å². The van der Waals surface area contributed by atoms with Gasteiger partial charge >= 0.3 is 0 Å². The molecule has 1 rings (SSSR count). The van der Waals surface area contributed by atoms with Crippen LogP contribution in [0.2, 0.25) is 0 Å². The molecular formula is C15H25BrN2. The third-order valence-electron chi connectivity index (χ3n) is 2.90. The molecule has 18 heavy (non-hydrogen) atoms. The molecule has 0 fully saturated rings. The third-order valence-corrected chi connectivity index (χ3v) is 3.79. The highest BCUT2D eigenvalue weighted by Gasteiger charge is 2.17. The van der Waals surface area contributed by atoms with E-state index in [2.05, 4.69) is 79.2 Å². The fraction of sp³-hybridized carbons (Fsp3) is 0.600. The van der Waals surface area contributed by atoms with Crippen LogP contribution in [0.25, 0.3) is 0 Å². The quantitative estimate of drug-likeness (QED) is 0.865. The molecule has 0 aliphatic carbocycles. The number of benzene rings is 1. The normalized spacial score (nSPS) is 12.2. The van der Waals surface area contributed by atoms with Crippen LogP contribution >= 0.6 is 15.9 Å². The van der Waals surface area contributed by atoms with Gasteiger partial charge in [0.25, 0.3) is 0 Å². The van der Waals surface area contributed by atoms with E-state index < -0.39 is 0 Å². The van der Waals surface area contributed by atoms with Gasteiger partial charge in [0.1, 0.15) is 0 Å². The van der Waals surface area contributed by atoms with E-state index in [0.717, 1.165) is 19.6 Å². The second kappa shape index (κ2) is 6.69. The summed E-state index contributed by atoms with van der Waals surface area (Å²) < 4.78 is 1.18. The zero-order valence-corrected chi connectivity index (χ0v) is 13.8. The summed E-state index contributed by atoms with van der Waals surface area (Å²) in [5, 5.41) is 3.55. The first-order valence-electron chi connectivity index (χ1n) is 6.41. The zero-order valence-electron chi connectivity index (χ0n) is 12.2. The van der Waals surface area contributed by atoms with Gasteiger partial charge in [0.05, 0.1) is 0 Å². The Morgan fingerprint density at radius 2 is 1.94 bits per heavy atom. The van der Waals surface area contributed by atoms with Gasteiger partial charge in [0.2, 0.25) is 0 Å². The first-order chi connectivity index (χ1) is 8.30. The average molecular weight is 313 g/mol. The Kier molecular flexibility index (Phi) is 5.83. The minimum Gasteiger partial charge on any atom is -0.312 e. The predicted molar refractivity (Wildman–Crippen MR) is 82.9 cm³/mol. The highest BCUT2D eigenvalue weighted by atomic mass is 79.9. The van der Waals surface area contributed by atoms with Crippen molar-refractivity contribution in [2.45, 2.75) is 27.3 Å². The van der Waals surface area contributed by atoms with Gasteiger partial charge in [0, 0.05) is 24.1 Å². The SMILES string of the molecule is Cc1cc(CNCC(C)(C)CN(C)C)ccc1Br. The summed E-state index contributed by atoms with van der Waals surface area (Å²) in [6, 6.07) is 6.52. The van der Waals surface area contributed by atoms with Crippen molar-refractivity contribution in [2.75, 3.05) is 27.2 Å². The summed E-state index contributed by atoms with van der Waals surface area (Å²) in [4.78, 5) is 2.24. The number of nitrogens with one attached hydrogen (secondary N) is 1. The summed E-state index contributed by atoms with van der Waals surface area (Å²) in [5.74, 6) is 0. The van der Waals surface area contributed by atoms with Crippen LogP contribution in [0.3, 0.4) is 0 Å². The lowest BCUT2D eigenvalue weighted by molar-refractivity contribution is 0.232. The fourth-order valence-electron chi connectivity index (χ4n) is 2.27. The Labute approximate surface area is 120 Å². The maximum Gasteiger partial charge on any atom is 0.0205 e. The summed E-state index contributed by atoms with van der Waals surface area (Å²) in [5.41, 5.74) is 2.94. The Balaban J connectivity index is 2.43. The van der Waals surface area contributed by atoms with Crippen molar-refractivity contribution in [3.05, 3.63) is 33.8 Å². The Morgan fingerprint density at radius 1 is 1.28 bits per heavy atom. The van der Waals surface area contributed by atoms with E-state index in [4.69, 9.17) is 0 Å². The lowest BCUT2D eigenvalue weighted by atomic mass is 9.93. The molecule has 0 heterocycles. The van der Waals surface area contributed by atoms with Crippen molar-refractivity contribution in [1.82, 2.24) is 10.2 Å². The minimum atomic E-state index is 0.300. The maximum atomic E-state index is 3.55. The van der Waals surface area contributed by atoms with Crippen LogP contribution in [-0.2, 0) is 6.54 Å². The van der Waals surface area contributed by atoms with E-state index in [1.807, 2.05) is 0 Å². The summed E-state index contributed by atoms with van der Waals surface area (Å²) in [6.07, 6.45) is 0. The number of halogens is 1. The molecule has 0 saturated heterocycles. The Hall–Kier alpha value is -0.380. The van der Waals surface area contributed by atoms with Crippen LogP contribution in [0.4, 0.5) is 0 Å². The van der Waals surface area contributed by atoms with Crippen LogP contribution in [0.15, 0.2) is 22.7 Å². The summed E-state index contributed by atoms with van der Waals surface area (Å²) in [6.45, 7) is 9.79. The van der Waals surface area contributed by atoms with Crippen LogP contribution < -0.4 is 5.32 Å². The standard InChI is InChI=1S/C15H25BrN2/c1-12-8-13(6-7-14(12)16)9-17-10-15(2,3)11-18(4)5/h6-8,17H,9-11H2,1-5H3.